The summed E-state index contributed by atoms with van der Waals surface area (Å²) >= 11 is 3.21. The molecule has 0 aliphatic heterocycles. The van der Waals surface area contributed by atoms with Gasteiger partial charge < -0.3 is 15.7 Å². The lowest BCUT2D eigenvalue weighted by molar-refractivity contribution is 0.318. The second-order valence-corrected chi connectivity index (χ2v) is 4.51. The van der Waals surface area contributed by atoms with Crippen LogP contribution in [0, 0.1) is 5.82 Å². The molecule has 2 rings (SSSR count). The van der Waals surface area contributed by atoms with Crippen LogP contribution in [0.5, 0.6) is 11.5 Å². The molecule has 2 aromatic carbocycles. The quantitative estimate of drug-likeness (QED) is 0.393. The molecule has 0 saturated carbocycles. The molecule has 4 nitrogen and oxygen atoms in total. The van der Waals surface area contributed by atoms with Gasteiger partial charge in [0.15, 0.2) is 5.84 Å². The maximum atomic E-state index is 13.0. The Balaban J connectivity index is 2.38. The first-order valence-corrected chi connectivity index (χ1v) is 6.11. The predicted octanol–water partition coefficient (Wildman–Crippen LogP) is 3.48. The Kier molecular flexibility index (Phi) is 4.01. The fourth-order valence-electron chi connectivity index (χ4n) is 1.50. The largest absolute Gasteiger partial charge is 0.455 e. The maximum absolute atomic E-state index is 13.0. The number of halogens is 2. The molecule has 0 aliphatic rings. The van der Waals surface area contributed by atoms with E-state index in [1.54, 1.807) is 24.3 Å². The lowest BCUT2D eigenvalue weighted by Gasteiger charge is -2.11. The van der Waals surface area contributed by atoms with E-state index >= 15 is 0 Å². The van der Waals surface area contributed by atoms with E-state index in [1.165, 1.54) is 18.2 Å². The van der Waals surface area contributed by atoms with E-state index in [2.05, 4.69) is 21.1 Å². The van der Waals surface area contributed by atoms with Crippen LogP contribution in [0.1, 0.15) is 5.56 Å². The van der Waals surface area contributed by atoms with Crippen molar-refractivity contribution in [2.45, 2.75) is 0 Å². The van der Waals surface area contributed by atoms with Crippen LogP contribution >= 0.6 is 15.9 Å². The Labute approximate surface area is 117 Å². The number of hydrogen-bond donors (Lipinski definition) is 2. The Hall–Kier alpha value is -2.08. The summed E-state index contributed by atoms with van der Waals surface area (Å²) in [6.07, 6.45) is 0. The molecule has 0 unspecified atom stereocenters. The van der Waals surface area contributed by atoms with Gasteiger partial charge in [-0.15, -0.1) is 0 Å². The van der Waals surface area contributed by atoms with Crippen molar-refractivity contribution in [3.63, 3.8) is 0 Å². The van der Waals surface area contributed by atoms with Crippen LogP contribution in [0.25, 0.3) is 0 Å². The minimum absolute atomic E-state index is 0.0613. The van der Waals surface area contributed by atoms with Crippen molar-refractivity contribution in [3.05, 3.63) is 58.3 Å². The van der Waals surface area contributed by atoms with Gasteiger partial charge in [-0.2, -0.15) is 0 Å². The van der Waals surface area contributed by atoms with E-state index < -0.39 is 0 Å². The molecule has 2 aromatic rings. The minimum Gasteiger partial charge on any atom is -0.455 e. The van der Waals surface area contributed by atoms with Crippen molar-refractivity contribution in [2.75, 3.05) is 0 Å². The highest BCUT2D eigenvalue weighted by molar-refractivity contribution is 9.10. The van der Waals surface area contributed by atoms with Crippen molar-refractivity contribution >= 4 is 21.8 Å². The summed E-state index contributed by atoms with van der Waals surface area (Å²) < 4.78 is 19.1. The molecule has 0 heterocycles. The summed E-state index contributed by atoms with van der Waals surface area (Å²) in [5.74, 6) is 0.405. The van der Waals surface area contributed by atoms with Crippen LogP contribution in [0.15, 0.2) is 52.1 Å². The molecule has 0 atom stereocenters. The third kappa shape index (κ3) is 3.03. The molecule has 0 fully saturated rings. The number of benzene rings is 2. The molecule has 0 spiro atoms. The third-order valence-electron chi connectivity index (χ3n) is 2.38. The highest BCUT2D eigenvalue weighted by Crippen LogP contribution is 2.31. The van der Waals surface area contributed by atoms with Crippen molar-refractivity contribution < 1.29 is 14.3 Å². The van der Waals surface area contributed by atoms with Crippen molar-refractivity contribution in [1.29, 1.82) is 0 Å². The van der Waals surface area contributed by atoms with Gasteiger partial charge in [-0.3, -0.25) is 0 Å². The number of ether oxygens (including phenoxy) is 1. The van der Waals surface area contributed by atoms with E-state index in [0.717, 1.165) is 0 Å². The Morgan fingerprint density at radius 2 is 1.95 bits per heavy atom. The summed E-state index contributed by atoms with van der Waals surface area (Å²) in [5.41, 5.74) is 6.00. The molecule has 0 amide bonds. The number of oxime groups is 1. The smallest absolute Gasteiger partial charge is 0.173 e. The van der Waals surface area contributed by atoms with Crippen LogP contribution in [0.2, 0.25) is 0 Å². The second kappa shape index (κ2) is 5.71. The minimum atomic E-state index is -0.371. The van der Waals surface area contributed by atoms with Gasteiger partial charge in [-0.25, -0.2) is 4.39 Å². The Morgan fingerprint density at radius 1 is 1.21 bits per heavy atom. The SMILES string of the molecule is N/C(=N\O)c1ccccc1Oc1ccc(F)cc1Br. The Morgan fingerprint density at radius 3 is 2.63 bits per heavy atom. The first-order valence-electron chi connectivity index (χ1n) is 5.31. The first-order chi connectivity index (χ1) is 9.11. The zero-order valence-corrected chi connectivity index (χ0v) is 11.3. The topological polar surface area (TPSA) is 67.8 Å². The van der Waals surface area contributed by atoms with Gasteiger partial charge in [0, 0.05) is 0 Å². The van der Waals surface area contributed by atoms with Gasteiger partial charge in [0.1, 0.15) is 17.3 Å². The molecular weight excluding hydrogens is 315 g/mol. The molecule has 98 valence electrons. The third-order valence-corrected chi connectivity index (χ3v) is 3.00. The highest BCUT2D eigenvalue weighted by atomic mass is 79.9. The van der Waals surface area contributed by atoms with Crippen LogP contribution in [0.4, 0.5) is 4.39 Å². The summed E-state index contributed by atoms with van der Waals surface area (Å²) in [4.78, 5) is 0. The number of nitrogens with two attached hydrogens (primary N) is 1. The zero-order valence-electron chi connectivity index (χ0n) is 9.68. The number of nitrogens with zero attached hydrogens (tertiary/aromatic N) is 1. The van der Waals surface area contributed by atoms with E-state index in [9.17, 15) is 4.39 Å². The summed E-state index contributed by atoms with van der Waals surface area (Å²) in [6, 6.07) is 10.9. The first kappa shape index (κ1) is 13.4. The second-order valence-electron chi connectivity index (χ2n) is 3.66. The number of hydrogen-bond acceptors (Lipinski definition) is 3. The van der Waals surface area contributed by atoms with Crippen molar-refractivity contribution in [1.82, 2.24) is 0 Å². The van der Waals surface area contributed by atoms with E-state index in [1.807, 2.05) is 0 Å². The zero-order chi connectivity index (χ0) is 13.8. The highest BCUT2D eigenvalue weighted by Gasteiger charge is 2.10. The molecule has 0 aliphatic carbocycles. The summed E-state index contributed by atoms with van der Waals surface area (Å²) in [5, 5.41) is 11.7. The van der Waals surface area contributed by atoms with Crippen LogP contribution in [-0.4, -0.2) is 11.0 Å². The van der Waals surface area contributed by atoms with Gasteiger partial charge in [0.05, 0.1) is 10.0 Å². The van der Waals surface area contributed by atoms with Crippen LogP contribution < -0.4 is 10.5 Å². The fourth-order valence-corrected chi connectivity index (χ4v) is 1.93. The number of rotatable bonds is 3. The summed E-state index contributed by atoms with van der Waals surface area (Å²) in [7, 11) is 0. The lowest BCUT2D eigenvalue weighted by atomic mass is 10.2. The molecule has 19 heavy (non-hydrogen) atoms. The standard InChI is InChI=1S/C13H10BrFN2O2/c14-10-7-8(15)5-6-12(10)19-11-4-2-1-3-9(11)13(16)17-18/h1-7,18H,(H2,16,17). The van der Waals surface area contributed by atoms with Gasteiger partial charge in [-0.05, 0) is 46.3 Å². The van der Waals surface area contributed by atoms with Gasteiger partial charge in [-0.1, -0.05) is 17.3 Å². The average molecular weight is 325 g/mol. The Bertz CT molecular complexity index is 632. The molecule has 6 heteroatoms. The van der Waals surface area contributed by atoms with E-state index in [4.69, 9.17) is 15.7 Å². The normalized spacial score (nSPS) is 11.4. The fraction of sp³-hybridized carbons (Fsp3) is 0. The van der Waals surface area contributed by atoms with Gasteiger partial charge >= 0.3 is 0 Å². The molecule has 0 bridgehead atoms. The monoisotopic (exact) mass is 324 g/mol. The maximum Gasteiger partial charge on any atom is 0.173 e. The number of amidine groups is 1. The summed E-state index contributed by atoms with van der Waals surface area (Å²) in [6.45, 7) is 0. The van der Waals surface area contributed by atoms with Gasteiger partial charge in [0.2, 0.25) is 0 Å². The van der Waals surface area contributed by atoms with Crippen molar-refractivity contribution in [2.24, 2.45) is 10.9 Å². The molecule has 0 radical (unpaired) electrons. The van der Waals surface area contributed by atoms with Crippen molar-refractivity contribution in [3.8, 4) is 11.5 Å². The molecule has 0 saturated heterocycles. The predicted molar refractivity (Wildman–Crippen MR) is 73.1 cm³/mol. The van der Waals surface area contributed by atoms with E-state index in [0.29, 0.717) is 21.5 Å². The lowest BCUT2D eigenvalue weighted by Crippen LogP contribution is -2.14. The molecule has 3 N–H and O–H groups in total. The molecule has 0 aromatic heterocycles. The van der Waals surface area contributed by atoms with Gasteiger partial charge in [0.25, 0.3) is 0 Å². The average Bonchev–Trinajstić information content (AvgIpc) is 2.41. The number of para-hydroxylation sites is 1. The van der Waals surface area contributed by atoms with Crippen LogP contribution in [0.3, 0.4) is 0 Å². The van der Waals surface area contributed by atoms with E-state index in [-0.39, 0.29) is 11.7 Å². The van der Waals surface area contributed by atoms with Crippen LogP contribution in [-0.2, 0) is 0 Å². The molecular formula is C13H10BrFN2O2.